The van der Waals surface area contributed by atoms with Gasteiger partial charge in [0.05, 0.1) is 0 Å². The second kappa shape index (κ2) is 4.55. The van der Waals surface area contributed by atoms with Crippen LogP contribution >= 0.6 is 15.9 Å². The standard InChI is InChI=1S/C14H12BrN3/c15-11-5-12-13(8-18-14(12)17-7-11)10-3-1-2-9(4-10)6-16/h1-5,7-8H,6,16H2,(H,17,18). The van der Waals surface area contributed by atoms with E-state index < -0.39 is 0 Å². The first kappa shape index (κ1) is 11.4. The molecule has 2 heterocycles. The molecule has 0 spiro atoms. The van der Waals surface area contributed by atoms with Crippen LogP contribution in [0, 0.1) is 0 Å². The number of aromatic amines is 1. The molecule has 0 atom stereocenters. The zero-order chi connectivity index (χ0) is 12.5. The van der Waals surface area contributed by atoms with Gasteiger partial charge in [-0.1, -0.05) is 18.2 Å². The topological polar surface area (TPSA) is 54.7 Å². The van der Waals surface area contributed by atoms with E-state index in [9.17, 15) is 0 Å². The van der Waals surface area contributed by atoms with Crippen LogP contribution in [0.3, 0.4) is 0 Å². The van der Waals surface area contributed by atoms with Crippen LogP contribution in [-0.2, 0) is 6.54 Å². The number of halogens is 1. The van der Waals surface area contributed by atoms with Gasteiger partial charge >= 0.3 is 0 Å². The first-order chi connectivity index (χ1) is 8.78. The Morgan fingerprint density at radius 2 is 2.17 bits per heavy atom. The quantitative estimate of drug-likeness (QED) is 0.762. The first-order valence-electron chi connectivity index (χ1n) is 5.70. The van der Waals surface area contributed by atoms with Crippen LogP contribution in [0.5, 0.6) is 0 Å². The lowest BCUT2D eigenvalue weighted by Gasteiger charge is -2.02. The second-order valence-corrected chi connectivity index (χ2v) is 5.07. The van der Waals surface area contributed by atoms with Crippen LogP contribution in [0.2, 0.25) is 0 Å². The van der Waals surface area contributed by atoms with Crippen molar-refractivity contribution in [2.45, 2.75) is 6.54 Å². The van der Waals surface area contributed by atoms with Crippen molar-refractivity contribution in [1.82, 2.24) is 9.97 Å². The van der Waals surface area contributed by atoms with Gasteiger partial charge in [-0.15, -0.1) is 0 Å². The van der Waals surface area contributed by atoms with Crippen molar-refractivity contribution < 1.29 is 0 Å². The van der Waals surface area contributed by atoms with Crippen LogP contribution in [0.4, 0.5) is 0 Å². The number of hydrogen-bond donors (Lipinski definition) is 2. The summed E-state index contributed by atoms with van der Waals surface area (Å²) in [6, 6.07) is 10.3. The fraction of sp³-hybridized carbons (Fsp3) is 0.0714. The molecule has 0 saturated heterocycles. The molecule has 0 fully saturated rings. The fourth-order valence-corrected chi connectivity index (χ4v) is 2.41. The molecular weight excluding hydrogens is 290 g/mol. The van der Waals surface area contributed by atoms with Gasteiger partial charge in [0.25, 0.3) is 0 Å². The zero-order valence-corrected chi connectivity index (χ0v) is 11.2. The van der Waals surface area contributed by atoms with Gasteiger partial charge in [0.15, 0.2) is 0 Å². The molecule has 0 aliphatic rings. The lowest BCUT2D eigenvalue weighted by molar-refractivity contribution is 1.07. The van der Waals surface area contributed by atoms with Crippen LogP contribution in [-0.4, -0.2) is 9.97 Å². The highest BCUT2D eigenvalue weighted by molar-refractivity contribution is 9.10. The van der Waals surface area contributed by atoms with E-state index in [1.165, 1.54) is 0 Å². The first-order valence-corrected chi connectivity index (χ1v) is 6.49. The Balaban J connectivity index is 2.21. The van der Waals surface area contributed by atoms with E-state index in [0.717, 1.165) is 32.2 Å². The minimum atomic E-state index is 0.554. The Morgan fingerprint density at radius 1 is 1.28 bits per heavy atom. The van der Waals surface area contributed by atoms with Gasteiger partial charge in [-0.2, -0.15) is 0 Å². The molecule has 2 aromatic heterocycles. The Bertz CT molecular complexity index is 703. The number of H-pyrrole nitrogens is 1. The lowest BCUT2D eigenvalue weighted by atomic mass is 10.0. The van der Waals surface area contributed by atoms with Crippen LogP contribution < -0.4 is 5.73 Å². The average Bonchev–Trinajstić information content (AvgIpc) is 2.81. The summed E-state index contributed by atoms with van der Waals surface area (Å²) < 4.78 is 0.978. The van der Waals surface area contributed by atoms with Crippen LogP contribution in [0.15, 0.2) is 47.2 Å². The van der Waals surface area contributed by atoms with Gasteiger partial charge in [0.1, 0.15) is 5.65 Å². The van der Waals surface area contributed by atoms with E-state index in [-0.39, 0.29) is 0 Å². The molecule has 0 saturated carbocycles. The predicted molar refractivity (Wildman–Crippen MR) is 77.1 cm³/mol. The van der Waals surface area contributed by atoms with Gasteiger partial charge in [-0.3, -0.25) is 0 Å². The molecule has 4 heteroatoms. The van der Waals surface area contributed by atoms with E-state index in [1.54, 1.807) is 6.20 Å². The number of hydrogen-bond acceptors (Lipinski definition) is 2. The minimum Gasteiger partial charge on any atom is -0.346 e. The summed E-state index contributed by atoms with van der Waals surface area (Å²) in [5.74, 6) is 0. The van der Waals surface area contributed by atoms with Gasteiger partial charge in [-0.25, -0.2) is 4.98 Å². The molecule has 3 rings (SSSR count). The van der Waals surface area contributed by atoms with E-state index in [1.807, 2.05) is 18.3 Å². The maximum atomic E-state index is 5.68. The number of nitrogens with one attached hydrogen (secondary N) is 1. The lowest BCUT2D eigenvalue weighted by Crippen LogP contribution is -1.95. The largest absolute Gasteiger partial charge is 0.346 e. The molecule has 0 amide bonds. The molecule has 0 bridgehead atoms. The summed E-state index contributed by atoms with van der Waals surface area (Å²) in [7, 11) is 0. The molecule has 0 aliphatic heterocycles. The molecule has 90 valence electrons. The molecule has 0 radical (unpaired) electrons. The van der Waals surface area contributed by atoms with Crippen LogP contribution in [0.1, 0.15) is 5.56 Å². The molecule has 1 aromatic carbocycles. The molecular formula is C14H12BrN3. The van der Waals surface area contributed by atoms with Gasteiger partial charge in [0.2, 0.25) is 0 Å². The van der Waals surface area contributed by atoms with Gasteiger partial charge in [-0.05, 0) is 39.2 Å². The van der Waals surface area contributed by atoms with E-state index in [4.69, 9.17) is 5.73 Å². The number of benzene rings is 1. The summed E-state index contributed by atoms with van der Waals surface area (Å²) in [4.78, 5) is 7.53. The Labute approximate surface area is 113 Å². The SMILES string of the molecule is NCc1cccc(-c2c[nH]c3ncc(Br)cc23)c1. The molecule has 3 nitrogen and oxygen atoms in total. The fourth-order valence-electron chi connectivity index (χ4n) is 2.08. The van der Waals surface area contributed by atoms with E-state index in [0.29, 0.717) is 6.54 Å². The predicted octanol–water partition coefficient (Wildman–Crippen LogP) is 3.45. The number of aromatic nitrogens is 2. The number of nitrogens with zero attached hydrogens (tertiary/aromatic N) is 1. The summed E-state index contributed by atoms with van der Waals surface area (Å²) in [5.41, 5.74) is 10.0. The van der Waals surface area contributed by atoms with Crippen LogP contribution in [0.25, 0.3) is 22.2 Å². The summed E-state index contributed by atoms with van der Waals surface area (Å²) in [5, 5.41) is 1.11. The third-order valence-electron chi connectivity index (χ3n) is 2.97. The Kier molecular flexibility index (Phi) is 2.89. The Hall–Kier alpha value is -1.65. The van der Waals surface area contributed by atoms with Gasteiger partial charge < -0.3 is 10.7 Å². The van der Waals surface area contributed by atoms with Gasteiger partial charge in [0, 0.05) is 34.4 Å². The number of fused-ring (bicyclic) bond motifs is 1. The number of nitrogens with two attached hydrogens (primary N) is 1. The number of rotatable bonds is 2. The van der Waals surface area contributed by atoms with Crippen molar-refractivity contribution in [3.05, 3.63) is 52.8 Å². The highest BCUT2D eigenvalue weighted by atomic mass is 79.9. The maximum absolute atomic E-state index is 5.68. The van der Waals surface area contributed by atoms with E-state index in [2.05, 4.69) is 44.1 Å². The number of pyridine rings is 1. The third kappa shape index (κ3) is 1.94. The molecule has 3 aromatic rings. The molecule has 0 aliphatic carbocycles. The molecule has 18 heavy (non-hydrogen) atoms. The summed E-state index contributed by atoms with van der Waals surface area (Å²) in [6.07, 6.45) is 3.78. The molecule has 0 unspecified atom stereocenters. The van der Waals surface area contributed by atoms with Crippen molar-refractivity contribution >= 4 is 27.0 Å². The van der Waals surface area contributed by atoms with Crippen molar-refractivity contribution in [3.63, 3.8) is 0 Å². The van der Waals surface area contributed by atoms with E-state index >= 15 is 0 Å². The summed E-state index contributed by atoms with van der Waals surface area (Å²) >= 11 is 3.46. The second-order valence-electron chi connectivity index (χ2n) is 4.16. The van der Waals surface area contributed by atoms with Crippen molar-refractivity contribution in [1.29, 1.82) is 0 Å². The smallest absolute Gasteiger partial charge is 0.137 e. The minimum absolute atomic E-state index is 0.554. The monoisotopic (exact) mass is 301 g/mol. The Morgan fingerprint density at radius 3 is 3.00 bits per heavy atom. The normalized spacial score (nSPS) is 11.0. The highest BCUT2D eigenvalue weighted by Gasteiger charge is 2.07. The maximum Gasteiger partial charge on any atom is 0.137 e. The zero-order valence-electron chi connectivity index (χ0n) is 9.65. The summed E-state index contributed by atoms with van der Waals surface area (Å²) in [6.45, 7) is 0.554. The van der Waals surface area contributed by atoms with Crippen molar-refractivity contribution in [2.75, 3.05) is 0 Å². The van der Waals surface area contributed by atoms with Crippen molar-refractivity contribution in [2.24, 2.45) is 5.73 Å². The highest BCUT2D eigenvalue weighted by Crippen LogP contribution is 2.29. The third-order valence-corrected chi connectivity index (χ3v) is 3.41. The van der Waals surface area contributed by atoms with Crippen molar-refractivity contribution in [3.8, 4) is 11.1 Å². The molecule has 3 N–H and O–H groups in total. The average molecular weight is 302 g/mol.